The summed E-state index contributed by atoms with van der Waals surface area (Å²) in [5.74, 6) is 0.367. The monoisotopic (exact) mass is 294 g/mol. The highest BCUT2D eigenvalue weighted by molar-refractivity contribution is 5.91. The Balaban J connectivity index is 2.13. The molecule has 0 atom stereocenters. The summed E-state index contributed by atoms with van der Waals surface area (Å²) in [4.78, 5) is 22.8. The number of hydrogen-bond donors (Lipinski definition) is 1. The first-order valence-corrected chi connectivity index (χ1v) is 6.94. The summed E-state index contributed by atoms with van der Waals surface area (Å²) in [6.07, 6.45) is 1.80. The number of carbonyl (C=O) groups excluding carboxylic acids is 1. The molecule has 21 heavy (non-hydrogen) atoms. The van der Waals surface area contributed by atoms with E-state index in [9.17, 15) is 4.79 Å². The van der Waals surface area contributed by atoms with Gasteiger partial charge in [0.05, 0.1) is 20.3 Å². The fraction of sp³-hybridized carbons (Fsp3) is 0.643. The van der Waals surface area contributed by atoms with Crippen LogP contribution in [-0.2, 0) is 0 Å². The molecule has 116 valence electrons. The summed E-state index contributed by atoms with van der Waals surface area (Å²) in [6.45, 7) is 3.97. The van der Waals surface area contributed by atoms with Gasteiger partial charge >= 0.3 is 0 Å². The van der Waals surface area contributed by atoms with Crippen LogP contribution >= 0.6 is 0 Å². The SMILES string of the molecule is COc1cc(OC)nc(C(=O)NC2(C)CCN(C)CC2)n1. The zero-order chi connectivity index (χ0) is 15.5. The molecule has 1 aromatic heterocycles. The summed E-state index contributed by atoms with van der Waals surface area (Å²) in [5.41, 5.74) is -0.233. The van der Waals surface area contributed by atoms with Gasteiger partial charge in [0.15, 0.2) is 0 Å². The number of carbonyl (C=O) groups is 1. The lowest BCUT2D eigenvalue weighted by atomic mass is 9.90. The van der Waals surface area contributed by atoms with Crippen LogP contribution in [0.3, 0.4) is 0 Å². The summed E-state index contributed by atoms with van der Waals surface area (Å²) >= 11 is 0. The minimum Gasteiger partial charge on any atom is -0.481 e. The highest BCUT2D eigenvalue weighted by Crippen LogP contribution is 2.22. The minimum absolute atomic E-state index is 0.0614. The van der Waals surface area contributed by atoms with Gasteiger partial charge in [-0.05, 0) is 26.8 Å². The third kappa shape index (κ3) is 3.81. The van der Waals surface area contributed by atoms with Gasteiger partial charge < -0.3 is 19.7 Å². The zero-order valence-corrected chi connectivity index (χ0v) is 13.0. The van der Waals surface area contributed by atoms with Crippen LogP contribution < -0.4 is 14.8 Å². The van der Waals surface area contributed by atoms with Crippen LogP contribution in [0.4, 0.5) is 0 Å². The molecule has 0 bridgehead atoms. The van der Waals surface area contributed by atoms with E-state index >= 15 is 0 Å². The number of piperidine rings is 1. The number of aromatic nitrogens is 2. The van der Waals surface area contributed by atoms with Gasteiger partial charge in [0.2, 0.25) is 17.6 Å². The predicted octanol–water partition coefficient (Wildman–Crippen LogP) is 0.708. The molecule has 0 radical (unpaired) electrons. The van der Waals surface area contributed by atoms with E-state index in [1.807, 2.05) is 0 Å². The molecule has 1 N–H and O–H groups in total. The molecule has 1 aliphatic rings. The topological polar surface area (TPSA) is 76.6 Å². The molecule has 1 aromatic rings. The molecule has 7 nitrogen and oxygen atoms in total. The number of hydrogen-bond acceptors (Lipinski definition) is 6. The van der Waals surface area contributed by atoms with Crippen molar-refractivity contribution >= 4 is 5.91 Å². The van der Waals surface area contributed by atoms with Gasteiger partial charge in [-0.2, -0.15) is 9.97 Å². The van der Waals surface area contributed by atoms with E-state index in [2.05, 4.69) is 34.2 Å². The Morgan fingerprint density at radius 2 is 1.76 bits per heavy atom. The minimum atomic E-state index is -0.306. The molecule has 0 aromatic carbocycles. The van der Waals surface area contributed by atoms with Crippen molar-refractivity contribution in [3.63, 3.8) is 0 Å². The smallest absolute Gasteiger partial charge is 0.289 e. The van der Waals surface area contributed by atoms with E-state index in [-0.39, 0.29) is 17.3 Å². The first-order chi connectivity index (χ1) is 9.95. The fourth-order valence-corrected chi connectivity index (χ4v) is 2.28. The average molecular weight is 294 g/mol. The Kier molecular flexibility index (Phi) is 4.62. The van der Waals surface area contributed by atoms with Crippen molar-refractivity contribution in [2.75, 3.05) is 34.4 Å². The van der Waals surface area contributed by atoms with Crippen molar-refractivity contribution in [2.24, 2.45) is 0 Å². The molecular formula is C14H22N4O3. The molecule has 2 rings (SSSR count). The van der Waals surface area contributed by atoms with Crippen molar-refractivity contribution < 1.29 is 14.3 Å². The Morgan fingerprint density at radius 3 is 2.24 bits per heavy atom. The van der Waals surface area contributed by atoms with Gasteiger partial charge in [0.1, 0.15) is 0 Å². The molecule has 7 heteroatoms. The van der Waals surface area contributed by atoms with Crippen molar-refractivity contribution in [1.82, 2.24) is 20.2 Å². The van der Waals surface area contributed by atoms with Crippen LogP contribution in [-0.4, -0.2) is 60.7 Å². The second-order valence-electron chi connectivity index (χ2n) is 5.59. The van der Waals surface area contributed by atoms with Crippen molar-refractivity contribution in [3.05, 3.63) is 11.9 Å². The molecule has 0 unspecified atom stereocenters. The van der Waals surface area contributed by atoms with Crippen molar-refractivity contribution in [2.45, 2.75) is 25.3 Å². The molecule has 1 aliphatic heterocycles. The second-order valence-corrected chi connectivity index (χ2v) is 5.59. The van der Waals surface area contributed by atoms with Crippen LogP contribution in [0.15, 0.2) is 6.07 Å². The number of ether oxygens (including phenoxy) is 2. The van der Waals surface area contributed by atoms with E-state index in [4.69, 9.17) is 9.47 Å². The largest absolute Gasteiger partial charge is 0.481 e. The summed E-state index contributed by atoms with van der Waals surface area (Å²) < 4.78 is 10.1. The maximum Gasteiger partial charge on any atom is 0.289 e. The standard InChI is InChI=1S/C14H22N4O3/c1-14(5-7-18(2)8-6-14)17-13(19)12-15-10(20-3)9-11(16-12)21-4/h9H,5-8H2,1-4H3,(H,17,19). The molecule has 1 amide bonds. The Bertz CT molecular complexity index is 491. The second kappa shape index (κ2) is 6.26. The maximum atomic E-state index is 12.4. The molecule has 0 saturated carbocycles. The van der Waals surface area contributed by atoms with Crippen molar-refractivity contribution in [1.29, 1.82) is 0 Å². The number of likely N-dealkylation sites (tertiary alicyclic amines) is 1. The summed E-state index contributed by atoms with van der Waals surface area (Å²) in [5, 5.41) is 3.03. The van der Waals surface area contributed by atoms with Crippen LogP contribution in [0, 0.1) is 0 Å². The van der Waals surface area contributed by atoms with Crippen LogP contribution in [0.1, 0.15) is 30.4 Å². The highest BCUT2D eigenvalue weighted by atomic mass is 16.5. The van der Waals surface area contributed by atoms with Gasteiger partial charge in [-0.15, -0.1) is 0 Å². The summed E-state index contributed by atoms with van der Waals surface area (Å²) in [7, 11) is 5.06. The Morgan fingerprint density at radius 1 is 1.24 bits per heavy atom. The van der Waals surface area contributed by atoms with E-state index in [1.165, 1.54) is 20.3 Å². The van der Waals surface area contributed by atoms with Gasteiger partial charge in [-0.1, -0.05) is 0 Å². The van der Waals surface area contributed by atoms with Crippen LogP contribution in [0.2, 0.25) is 0 Å². The third-order valence-corrected chi connectivity index (χ3v) is 3.81. The van der Waals surface area contributed by atoms with Gasteiger partial charge in [0, 0.05) is 18.6 Å². The maximum absolute atomic E-state index is 12.4. The predicted molar refractivity (Wildman–Crippen MR) is 77.7 cm³/mol. The third-order valence-electron chi connectivity index (χ3n) is 3.81. The number of methoxy groups -OCH3 is 2. The average Bonchev–Trinajstić information content (AvgIpc) is 2.49. The first kappa shape index (κ1) is 15.5. The number of amides is 1. The molecule has 2 heterocycles. The lowest BCUT2D eigenvalue weighted by Crippen LogP contribution is -2.52. The van der Waals surface area contributed by atoms with E-state index in [0.29, 0.717) is 11.8 Å². The first-order valence-electron chi connectivity index (χ1n) is 6.94. The van der Waals surface area contributed by atoms with Crippen molar-refractivity contribution in [3.8, 4) is 11.8 Å². The van der Waals surface area contributed by atoms with Gasteiger partial charge in [-0.3, -0.25) is 4.79 Å². The molecule has 0 aliphatic carbocycles. The van der Waals surface area contributed by atoms with Crippen LogP contribution in [0.5, 0.6) is 11.8 Å². The highest BCUT2D eigenvalue weighted by Gasteiger charge is 2.31. The van der Waals surface area contributed by atoms with E-state index < -0.39 is 0 Å². The normalized spacial score (nSPS) is 18.1. The van der Waals surface area contributed by atoms with E-state index in [1.54, 1.807) is 0 Å². The Hall–Kier alpha value is -1.89. The summed E-state index contributed by atoms with van der Waals surface area (Å²) in [6, 6.07) is 1.54. The number of nitrogens with zero attached hydrogens (tertiary/aromatic N) is 3. The lowest BCUT2D eigenvalue weighted by Gasteiger charge is -2.38. The van der Waals surface area contributed by atoms with E-state index in [0.717, 1.165) is 25.9 Å². The van der Waals surface area contributed by atoms with Crippen LogP contribution in [0.25, 0.3) is 0 Å². The molecule has 0 spiro atoms. The Labute approximate surface area is 124 Å². The lowest BCUT2D eigenvalue weighted by molar-refractivity contribution is 0.0839. The number of nitrogens with one attached hydrogen (secondary N) is 1. The zero-order valence-electron chi connectivity index (χ0n) is 13.0. The van der Waals surface area contributed by atoms with Gasteiger partial charge in [-0.25, -0.2) is 0 Å². The quantitative estimate of drug-likeness (QED) is 0.881. The molecular weight excluding hydrogens is 272 g/mol. The molecule has 1 fully saturated rings. The fourth-order valence-electron chi connectivity index (χ4n) is 2.28. The number of rotatable bonds is 4. The van der Waals surface area contributed by atoms with Gasteiger partial charge in [0.25, 0.3) is 5.91 Å². The molecule has 1 saturated heterocycles.